The summed E-state index contributed by atoms with van der Waals surface area (Å²) in [6.07, 6.45) is 3.24. The van der Waals surface area contributed by atoms with Crippen molar-refractivity contribution in [3.05, 3.63) is 73.3 Å². The lowest BCUT2D eigenvalue weighted by molar-refractivity contribution is 0.140. The van der Waals surface area contributed by atoms with Gasteiger partial charge in [-0.15, -0.1) is 6.58 Å². The SMILES string of the molecule is C=CC[C@@H](O)[C@H]1C[C@H]1CO[Si](c1ccccc1)(c1ccccc1)C(C)(C)C. The Balaban J connectivity index is 1.92. The van der Waals surface area contributed by atoms with Gasteiger partial charge < -0.3 is 9.53 Å². The van der Waals surface area contributed by atoms with Gasteiger partial charge in [-0.2, -0.15) is 0 Å². The number of aliphatic hydroxyl groups is 1. The van der Waals surface area contributed by atoms with E-state index in [4.69, 9.17) is 4.43 Å². The maximum atomic E-state index is 10.3. The van der Waals surface area contributed by atoms with Gasteiger partial charge in [0.05, 0.1) is 6.10 Å². The highest BCUT2D eigenvalue weighted by molar-refractivity contribution is 6.99. The molecule has 1 saturated carbocycles. The molecular weight excluding hydrogens is 348 g/mol. The molecule has 27 heavy (non-hydrogen) atoms. The van der Waals surface area contributed by atoms with E-state index in [1.807, 2.05) is 6.08 Å². The smallest absolute Gasteiger partial charge is 0.261 e. The van der Waals surface area contributed by atoms with E-state index < -0.39 is 8.32 Å². The van der Waals surface area contributed by atoms with Gasteiger partial charge >= 0.3 is 0 Å². The Morgan fingerprint density at radius 3 is 2.04 bits per heavy atom. The number of benzene rings is 2. The molecule has 0 unspecified atom stereocenters. The molecule has 0 amide bonds. The van der Waals surface area contributed by atoms with E-state index in [0.717, 1.165) is 6.42 Å². The van der Waals surface area contributed by atoms with Gasteiger partial charge in [-0.05, 0) is 40.1 Å². The van der Waals surface area contributed by atoms with Crippen molar-refractivity contribution in [3.63, 3.8) is 0 Å². The molecule has 0 saturated heterocycles. The molecule has 2 aromatic rings. The lowest BCUT2D eigenvalue weighted by atomic mass is 10.1. The van der Waals surface area contributed by atoms with Crippen LogP contribution in [0.2, 0.25) is 5.04 Å². The predicted molar refractivity (Wildman–Crippen MR) is 116 cm³/mol. The monoisotopic (exact) mass is 380 g/mol. The molecule has 144 valence electrons. The molecule has 1 aliphatic carbocycles. The summed E-state index contributed by atoms with van der Waals surface area (Å²) in [4.78, 5) is 0. The second kappa shape index (κ2) is 8.13. The quantitative estimate of drug-likeness (QED) is 0.551. The highest BCUT2D eigenvalue weighted by Gasteiger charge is 2.52. The van der Waals surface area contributed by atoms with Gasteiger partial charge in [0.1, 0.15) is 0 Å². The molecular formula is C24H32O2Si. The Labute approximate surface area is 165 Å². The number of rotatable bonds is 8. The Kier molecular flexibility index (Phi) is 6.04. The first-order valence-electron chi connectivity index (χ1n) is 9.94. The number of hydrogen-bond acceptors (Lipinski definition) is 2. The fraction of sp³-hybridized carbons (Fsp3) is 0.417. The van der Waals surface area contributed by atoms with Crippen molar-refractivity contribution in [2.24, 2.45) is 11.8 Å². The van der Waals surface area contributed by atoms with Crippen LogP contribution >= 0.6 is 0 Å². The van der Waals surface area contributed by atoms with Crippen molar-refractivity contribution in [3.8, 4) is 0 Å². The first-order chi connectivity index (χ1) is 12.9. The lowest BCUT2D eigenvalue weighted by Crippen LogP contribution is -2.66. The molecule has 2 aromatic carbocycles. The maximum absolute atomic E-state index is 10.3. The van der Waals surface area contributed by atoms with Crippen LogP contribution in [0.25, 0.3) is 0 Å². The second-order valence-corrected chi connectivity index (χ2v) is 13.0. The minimum atomic E-state index is -2.46. The van der Waals surface area contributed by atoms with Crippen molar-refractivity contribution in [1.29, 1.82) is 0 Å². The minimum Gasteiger partial charge on any atom is -0.407 e. The largest absolute Gasteiger partial charge is 0.407 e. The van der Waals surface area contributed by atoms with E-state index in [0.29, 0.717) is 24.9 Å². The summed E-state index contributed by atoms with van der Waals surface area (Å²) in [5.74, 6) is 0.794. The summed E-state index contributed by atoms with van der Waals surface area (Å²) in [6, 6.07) is 21.5. The van der Waals surface area contributed by atoms with Gasteiger partial charge in [-0.25, -0.2) is 0 Å². The Morgan fingerprint density at radius 2 is 1.59 bits per heavy atom. The Morgan fingerprint density at radius 1 is 1.07 bits per heavy atom. The summed E-state index contributed by atoms with van der Waals surface area (Å²) < 4.78 is 6.95. The molecule has 0 radical (unpaired) electrons. The van der Waals surface area contributed by atoms with Gasteiger partial charge in [0.2, 0.25) is 0 Å². The first-order valence-corrected chi connectivity index (χ1v) is 11.8. The van der Waals surface area contributed by atoms with E-state index in [-0.39, 0.29) is 11.1 Å². The van der Waals surface area contributed by atoms with Crippen LogP contribution in [-0.2, 0) is 4.43 Å². The molecule has 3 heteroatoms. The van der Waals surface area contributed by atoms with Crippen molar-refractivity contribution in [2.45, 2.75) is 44.8 Å². The lowest BCUT2D eigenvalue weighted by Gasteiger charge is -2.43. The van der Waals surface area contributed by atoms with Crippen LogP contribution in [-0.4, -0.2) is 26.1 Å². The van der Waals surface area contributed by atoms with E-state index in [1.54, 1.807) is 0 Å². The molecule has 0 aromatic heterocycles. The predicted octanol–water partition coefficient (Wildman–Crippen LogP) is 4.14. The third-order valence-electron chi connectivity index (χ3n) is 5.81. The third-order valence-corrected chi connectivity index (χ3v) is 10.8. The van der Waals surface area contributed by atoms with Crippen molar-refractivity contribution >= 4 is 18.7 Å². The van der Waals surface area contributed by atoms with Gasteiger partial charge in [-0.1, -0.05) is 87.5 Å². The zero-order valence-corrected chi connectivity index (χ0v) is 17.8. The average Bonchev–Trinajstić information content (AvgIpc) is 3.43. The molecule has 3 atom stereocenters. The molecule has 3 rings (SSSR count). The van der Waals surface area contributed by atoms with Crippen molar-refractivity contribution in [1.82, 2.24) is 0 Å². The molecule has 1 aliphatic rings. The highest BCUT2D eigenvalue weighted by Crippen LogP contribution is 2.44. The molecule has 0 aliphatic heterocycles. The number of aliphatic hydroxyl groups excluding tert-OH is 1. The van der Waals surface area contributed by atoms with Crippen molar-refractivity contribution in [2.75, 3.05) is 6.61 Å². The van der Waals surface area contributed by atoms with Crippen LogP contribution in [0.1, 0.15) is 33.6 Å². The molecule has 1 N–H and O–H groups in total. The minimum absolute atomic E-state index is 0.000173. The van der Waals surface area contributed by atoms with Gasteiger partial charge in [0.25, 0.3) is 8.32 Å². The average molecular weight is 381 g/mol. The maximum Gasteiger partial charge on any atom is 0.261 e. The van der Waals surface area contributed by atoms with E-state index in [9.17, 15) is 5.11 Å². The topological polar surface area (TPSA) is 29.5 Å². The summed E-state index contributed by atoms with van der Waals surface area (Å²) in [7, 11) is -2.46. The van der Waals surface area contributed by atoms with Crippen LogP contribution in [0.3, 0.4) is 0 Å². The van der Waals surface area contributed by atoms with Crippen LogP contribution in [0, 0.1) is 11.8 Å². The number of hydrogen-bond donors (Lipinski definition) is 1. The fourth-order valence-corrected chi connectivity index (χ4v) is 8.89. The standard InChI is InChI=1S/C24H32O2Si/c1-5-12-23(25)22-17-19(22)18-26-27(24(2,3)4,20-13-8-6-9-14-20)21-15-10-7-11-16-21/h5-11,13-16,19,22-23,25H,1,12,17-18H2,2-4H3/t19-,22-,23+/m0/s1. The summed E-state index contributed by atoms with van der Waals surface area (Å²) >= 11 is 0. The van der Waals surface area contributed by atoms with Crippen LogP contribution < -0.4 is 10.4 Å². The van der Waals surface area contributed by atoms with Crippen LogP contribution in [0.4, 0.5) is 0 Å². The van der Waals surface area contributed by atoms with E-state index >= 15 is 0 Å². The summed E-state index contributed by atoms with van der Waals surface area (Å²) in [6.45, 7) is 11.4. The zero-order chi connectivity index (χ0) is 19.5. The van der Waals surface area contributed by atoms with Crippen LogP contribution in [0.5, 0.6) is 0 Å². The second-order valence-electron chi connectivity index (χ2n) is 8.73. The Hall–Kier alpha value is -1.68. The molecule has 1 fully saturated rings. The third kappa shape index (κ3) is 4.10. The summed E-state index contributed by atoms with van der Waals surface area (Å²) in [5, 5.41) is 12.9. The van der Waals surface area contributed by atoms with Crippen molar-refractivity contribution < 1.29 is 9.53 Å². The van der Waals surface area contributed by atoms with E-state index in [2.05, 4.69) is 88.0 Å². The Bertz CT molecular complexity index is 696. The normalized spacial score (nSPS) is 20.9. The molecule has 0 heterocycles. The molecule has 2 nitrogen and oxygen atoms in total. The van der Waals surface area contributed by atoms with Gasteiger partial charge in [0, 0.05) is 6.61 Å². The highest BCUT2D eigenvalue weighted by atomic mass is 28.4. The van der Waals surface area contributed by atoms with Crippen LogP contribution in [0.15, 0.2) is 73.3 Å². The van der Waals surface area contributed by atoms with Gasteiger partial charge in [-0.3, -0.25) is 0 Å². The molecule has 0 bridgehead atoms. The fourth-order valence-electron chi connectivity index (χ4n) is 4.27. The first kappa shape index (κ1) is 20.1. The molecule has 0 spiro atoms. The zero-order valence-electron chi connectivity index (χ0n) is 16.8. The van der Waals surface area contributed by atoms with E-state index in [1.165, 1.54) is 10.4 Å². The van der Waals surface area contributed by atoms with Gasteiger partial charge in [0.15, 0.2) is 0 Å². The summed E-state index contributed by atoms with van der Waals surface area (Å²) in [5.41, 5.74) is 0.